The lowest BCUT2D eigenvalue weighted by Gasteiger charge is -2.09. The van der Waals surface area contributed by atoms with Crippen LogP contribution in [0.25, 0.3) is 5.69 Å². The smallest absolute Gasteiger partial charge is 0.232 e. The molecule has 0 fully saturated rings. The fourth-order valence-electron chi connectivity index (χ4n) is 2.05. The van der Waals surface area contributed by atoms with Crippen LogP contribution in [0.4, 0.5) is 5.69 Å². The third kappa shape index (κ3) is 3.51. The summed E-state index contributed by atoms with van der Waals surface area (Å²) in [6.45, 7) is 1.80. The lowest BCUT2D eigenvalue weighted by molar-refractivity contribution is -0.115. The summed E-state index contributed by atoms with van der Waals surface area (Å²) in [7, 11) is 1.54. The van der Waals surface area contributed by atoms with Gasteiger partial charge in [-0.2, -0.15) is 0 Å². The number of hydrogen-bond donors (Lipinski definition) is 1. The first-order chi connectivity index (χ1) is 11.1. The molecule has 9 heteroatoms. The molecule has 0 radical (unpaired) electrons. The predicted molar refractivity (Wildman–Crippen MR) is 79.3 cm³/mol. The highest BCUT2D eigenvalue weighted by Crippen LogP contribution is 2.23. The Kier molecular flexibility index (Phi) is 4.00. The maximum Gasteiger partial charge on any atom is 0.232 e. The number of aromatic nitrogens is 5. The lowest BCUT2D eigenvalue weighted by Crippen LogP contribution is -2.14. The second-order valence-electron chi connectivity index (χ2n) is 4.83. The maximum absolute atomic E-state index is 12.1. The average Bonchev–Trinajstić information content (AvgIpc) is 3.18. The summed E-state index contributed by atoms with van der Waals surface area (Å²) < 4.78 is 11.7. The van der Waals surface area contributed by atoms with Crippen LogP contribution in [0.15, 0.2) is 35.1 Å². The van der Waals surface area contributed by atoms with E-state index >= 15 is 0 Å². The van der Waals surface area contributed by atoms with E-state index in [2.05, 4.69) is 26.0 Å². The number of aryl methyl sites for hydroxylation is 1. The first-order valence-electron chi connectivity index (χ1n) is 6.78. The molecule has 0 aliphatic heterocycles. The van der Waals surface area contributed by atoms with Gasteiger partial charge < -0.3 is 14.6 Å². The van der Waals surface area contributed by atoms with Crippen LogP contribution in [0.3, 0.4) is 0 Å². The SMILES string of the molecule is COc1cc(NC(=O)Cc2cc(C)no2)cc(-n2cnnn2)c1. The number of anilines is 1. The molecule has 0 unspecified atom stereocenters. The zero-order valence-corrected chi connectivity index (χ0v) is 12.6. The highest BCUT2D eigenvalue weighted by atomic mass is 16.5. The van der Waals surface area contributed by atoms with Crippen LogP contribution in [-0.4, -0.2) is 38.4 Å². The number of benzene rings is 1. The number of carbonyl (C=O) groups excluding carboxylic acids is 1. The molecule has 0 bridgehead atoms. The second kappa shape index (κ2) is 6.26. The number of ether oxygens (including phenoxy) is 1. The molecule has 1 N–H and O–H groups in total. The van der Waals surface area contributed by atoms with Crippen molar-refractivity contribution in [3.8, 4) is 11.4 Å². The first-order valence-corrected chi connectivity index (χ1v) is 6.78. The summed E-state index contributed by atoms with van der Waals surface area (Å²) >= 11 is 0. The Morgan fingerprint density at radius 2 is 2.22 bits per heavy atom. The van der Waals surface area contributed by atoms with Gasteiger partial charge in [0, 0.05) is 23.9 Å². The minimum absolute atomic E-state index is 0.0955. The maximum atomic E-state index is 12.1. The minimum atomic E-state index is -0.225. The summed E-state index contributed by atoms with van der Waals surface area (Å²) in [4.78, 5) is 12.1. The van der Waals surface area contributed by atoms with Gasteiger partial charge in [-0.1, -0.05) is 5.16 Å². The van der Waals surface area contributed by atoms with Crippen molar-refractivity contribution >= 4 is 11.6 Å². The molecule has 3 rings (SSSR count). The normalized spacial score (nSPS) is 10.5. The first kappa shape index (κ1) is 14.7. The topological polar surface area (TPSA) is 108 Å². The van der Waals surface area contributed by atoms with Crippen molar-refractivity contribution in [2.45, 2.75) is 13.3 Å². The van der Waals surface area contributed by atoms with Gasteiger partial charge in [0.2, 0.25) is 5.91 Å². The number of methoxy groups -OCH3 is 1. The highest BCUT2D eigenvalue weighted by molar-refractivity contribution is 5.92. The van der Waals surface area contributed by atoms with Crippen LogP contribution < -0.4 is 10.1 Å². The molecule has 2 aromatic heterocycles. The molecular formula is C14H14N6O3. The van der Waals surface area contributed by atoms with Crippen molar-refractivity contribution in [1.82, 2.24) is 25.4 Å². The number of tetrazole rings is 1. The van der Waals surface area contributed by atoms with Gasteiger partial charge in [-0.25, -0.2) is 4.68 Å². The molecular weight excluding hydrogens is 300 g/mol. The highest BCUT2D eigenvalue weighted by Gasteiger charge is 2.11. The van der Waals surface area contributed by atoms with E-state index < -0.39 is 0 Å². The number of nitrogens with one attached hydrogen (secondary N) is 1. The van der Waals surface area contributed by atoms with Gasteiger partial charge in [-0.3, -0.25) is 4.79 Å². The van der Waals surface area contributed by atoms with Crippen molar-refractivity contribution in [2.24, 2.45) is 0 Å². The minimum Gasteiger partial charge on any atom is -0.497 e. The molecule has 1 amide bonds. The van der Waals surface area contributed by atoms with Crippen molar-refractivity contribution < 1.29 is 14.1 Å². The molecule has 118 valence electrons. The van der Waals surface area contributed by atoms with E-state index in [9.17, 15) is 4.79 Å². The van der Waals surface area contributed by atoms with E-state index in [1.807, 2.05) is 0 Å². The van der Waals surface area contributed by atoms with Crippen molar-refractivity contribution in [3.63, 3.8) is 0 Å². The molecule has 1 aromatic carbocycles. The molecule has 0 saturated carbocycles. The van der Waals surface area contributed by atoms with E-state index in [-0.39, 0.29) is 12.3 Å². The van der Waals surface area contributed by atoms with E-state index in [4.69, 9.17) is 9.26 Å². The number of carbonyl (C=O) groups is 1. The van der Waals surface area contributed by atoms with Crippen molar-refractivity contribution in [3.05, 3.63) is 42.0 Å². The number of nitrogens with zero attached hydrogens (tertiary/aromatic N) is 5. The van der Waals surface area contributed by atoms with Gasteiger partial charge in [0.25, 0.3) is 0 Å². The summed E-state index contributed by atoms with van der Waals surface area (Å²) in [5.41, 5.74) is 1.96. The molecule has 2 heterocycles. The fraction of sp³-hybridized carbons (Fsp3) is 0.214. The van der Waals surface area contributed by atoms with Gasteiger partial charge in [0.05, 0.1) is 24.9 Å². The van der Waals surface area contributed by atoms with Crippen LogP contribution in [-0.2, 0) is 11.2 Å². The van der Waals surface area contributed by atoms with E-state index in [1.165, 1.54) is 11.0 Å². The third-order valence-electron chi connectivity index (χ3n) is 3.04. The Labute approximate surface area is 131 Å². The molecule has 0 aliphatic rings. The molecule has 0 spiro atoms. The van der Waals surface area contributed by atoms with E-state index in [0.717, 1.165) is 5.69 Å². The average molecular weight is 314 g/mol. The number of rotatable bonds is 5. The molecule has 3 aromatic rings. The van der Waals surface area contributed by atoms with Gasteiger partial charge >= 0.3 is 0 Å². The van der Waals surface area contributed by atoms with Crippen LogP contribution in [0.5, 0.6) is 5.75 Å². The standard InChI is InChI=1S/C14H14N6O3/c1-9-3-13(23-17-9)7-14(21)16-10-4-11(6-12(5-10)22-2)20-8-15-18-19-20/h3-6,8H,7H2,1-2H3,(H,16,21). The Morgan fingerprint density at radius 3 is 2.87 bits per heavy atom. The lowest BCUT2D eigenvalue weighted by atomic mass is 10.2. The quantitative estimate of drug-likeness (QED) is 0.752. The van der Waals surface area contributed by atoms with Crippen LogP contribution in [0, 0.1) is 6.92 Å². The monoisotopic (exact) mass is 314 g/mol. The van der Waals surface area contributed by atoms with Crippen molar-refractivity contribution in [1.29, 1.82) is 0 Å². The summed E-state index contributed by atoms with van der Waals surface area (Å²) in [6.07, 6.45) is 1.55. The Hall–Kier alpha value is -3.23. The zero-order chi connectivity index (χ0) is 16.2. The molecule has 0 aliphatic carbocycles. The molecule has 0 saturated heterocycles. The zero-order valence-electron chi connectivity index (χ0n) is 12.6. The largest absolute Gasteiger partial charge is 0.497 e. The Morgan fingerprint density at radius 1 is 1.35 bits per heavy atom. The van der Waals surface area contributed by atoms with Crippen LogP contribution in [0.2, 0.25) is 0 Å². The van der Waals surface area contributed by atoms with Gasteiger partial charge in [0.15, 0.2) is 0 Å². The summed E-state index contributed by atoms with van der Waals surface area (Å²) in [5, 5.41) is 17.5. The van der Waals surface area contributed by atoms with Gasteiger partial charge in [-0.05, 0) is 23.4 Å². The second-order valence-corrected chi connectivity index (χ2v) is 4.83. The third-order valence-corrected chi connectivity index (χ3v) is 3.04. The predicted octanol–water partition coefficient (Wildman–Crippen LogP) is 1.15. The summed E-state index contributed by atoms with van der Waals surface area (Å²) in [6, 6.07) is 6.92. The van der Waals surface area contributed by atoms with Crippen molar-refractivity contribution in [2.75, 3.05) is 12.4 Å². The Balaban J connectivity index is 1.79. The number of amides is 1. The Bertz CT molecular complexity index is 812. The van der Waals surface area contributed by atoms with Gasteiger partial charge in [-0.15, -0.1) is 5.10 Å². The fourth-order valence-corrected chi connectivity index (χ4v) is 2.05. The van der Waals surface area contributed by atoms with Crippen LogP contribution >= 0.6 is 0 Å². The van der Waals surface area contributed by atoms with Gasteiger partial charge in [0.1, 0.15) is 17.8 Å². The number of hydrogen-bond acceptors (Lipinski definition) is 7. The molecule has 9 nitrogen and oxygen atoms in total. The molecule has 23 heavy (non-hydrogen) atoms. The summed E-state index contributed by atoms with van der Waals surface area (Å²) in [5.74, 6) is 0.851. The van der Waals surface area contributed by atoms with E-state index in [0.29, 0.717) is 22.9 Å². The van der Waals surface area contributed by atoms with Crippen LogP contribution in [0.1, 0.15) is 11.5 Å². The molecule has 0 atom stereocenters. The van der Waals surface area contributed by atoms with E-state index in [1.54, 1.807) is 38.3 Å².